The van der Waals surface area contributed by atoms with E-state index < -0.39 is 0 Å². The molecule has 1 spiro atoms. The number of carbonyl (C=O) groups excluding carboxylic acids is 1. The molecule has 6 heterocycles. The highest BCUT2D eigenvalue weighted by Crippen LogP contribution is 2.44. The van der Waals surface area contributed by atoms with Crippen molar-refractivity contribution in [3.63, 3.8) is 0 Å². The van der Waals surface area contributed by atoms with Crippen LogP contribution in [-0.2, 0) is 16.1 Å². The van der Waals surface area contributed by atoms with E-state index in [4.69, 9.17) is 19.8 Å². The quantitative estimate of drug-likeness (QED) is 0.325. The van der Waals surface area contributed by atoms with Crippen molar-refractivity contribution in [1.29, 1.82) is 5.26 Å². The predicted octanol–water partition coefficient (Wildman–Crippen LogP) is 4.60. The number of rotatable bonds is 6. The average molecular weight is 583 g/mol. The van der Waals surface area contributed by atoms with Gasteiger partial charge in [0.05, 0.1) is 17.3 Å². The molecule has 0 bridgehead atoms. The van der Waals surface area contributed by atoms with Gasteiger partial charge in [-0.15, -0.1) is 0 Å². The molecule has 42 heavy (non-hydrogen) atoms. The van der Waals surface area contributed by atoms with Crippen LogP contribution in [0.2, 0.25) is 0 Å². The van der Waals surface area contributed by atoms with Gasteiger partial charge in [0.15, 0.2) is 10.8 Å². The number of benzene rings is 1. The second-order valence-corrected chi connectivity index (χ2v) is 12.8. The lowest BCUT2D eigenvalue weighted by molar-refractivity contribution is -0.152. The van der Waals surface area contributed by atoms with Crippen molar-refractivity contribution >= 4 is 44.9 Å². The second kappa shape index (κ2) is 10.4. The minimum atomic E-state index is 0.124. The van der Waals surface area contributed by atoms with Crippen LogP contribution in [-0.4, -0.2) is 77.0 Å². The third-order valence-electron chi connectivity index (χ3n) is 8.85. The Morgan fingerprint density at radius 3 is 2.62 bits per heavy atom. The number of anilines is 3. The minimum Gasteiger partial charge on any atom is -0.381 e. The van der Waals surface area contributed by atoms with Crippen LogP contribution < -0.4 is 9.80 Å². The fourth-order valence-electron chi connectivity index (χ4n) is 6.53. The van der Waals surface area contributed by atoms with E-state index in [-0.39, 0.29) is 11.3 Å². The SMILES string of the molecule is CCn1nc2ncc(N3CC4(CN(C(=O)C5CCOCC5)C4)C3)cc2c1N(C)c1nc(-c2ccc(C)cc2)c(C#N)s1. The van der Waals surface area contributed by atoms with E-state index in [1.165, 1.54) is 11.3 Å². The maximum absolute atomic E-state index is 12.9. The fourth-order valence-corrected chi connectivity index (χ4v) is 7.38. The summed E-state index contributed by atoms with van der Waals surface area (Å²) in [5.41, 5.74) is 4.73. The Balaban J connectivity index is 1.11. The molecular formula is C31H34N8O2S. The highest BCUT2D eigenvalue weighted by Gasteiger charge is 2.54. The molecule has 3 aliphatic rings. The van der Waals surface area contributed by atoms with Crippen LogP contribution in [0.25, 0.3) is 22.3 Å². The van der Waals surface area contributed by atoms with E-state index in [0.29, 0.717) is 41.9 Å². The lowest BCUT2D eigenvalue weighted by Gasteiger charge is -2.61. The van der Waals surface area contributed by atoms with E-state index in [2.05, 4.69) is 24.0 Å². The summed E-state index contributed by atoms with van der Waals surface area (Å²) in [7, 11) is 1.98. The number of hydrogen-bond donors (Lipinski definition) is 0. The third kappa shape index (κ3) is 4.50. The lowest BCUT2D eigenvalue weighted by Crippen LogP contribution is -2.73. The molecule has 4 aromatic rings. The number of ether oxygens (including phenoxy) is 1. The zero-order valence-electron chi connectivity index (χ0n) is 24.2. The summed E-state index contributed by atoms with van der Waals surface area (Å²) in [6.07, 6.45) is 3.59. The zero-order chi connectivity index (χ0) is 29.0. The number of nitriles is 1. The van der Waals surface area contributed by atoms with Gasteiger partial charge in [0.1, 0.15) is 22.5 Å². The van der Waals surface area contributed by atoms with Crippen molar-refractivity contribution in [2.75, 3.05) is 56.2 Å². The maximum atomic E-state index is 12.9. The number of pyridine rings is 1. The summed E-state index contributed by atoms with van der Waals surface area (Å²) >= 11 is 1.38. The summed E-state index contributed by atoms with van der Waals surface area (Å²) < 4.78 is 7.38. The molecule has 0 radical (unpaired) electrons. The number of aromatic nitrogens is 4. The normalized spacial score (nSPS) is 18.1. The Morgan fingerprint density at radius 2 is 1.93 bits per heavy atom. The van der Waals surface area contributed by atoms with E-state index in [9.17, 15) is 10.1 Å². The van der Waals surface area contributed by atoms with E-state index >= 15 is 0 Å². The molecule has 3 fully saturated rings. The highest BCUT2D eigenvalue weighted by atomic mass is 32.1. The first kappa shape index (κ1) is 26.9. The number of likely N-dealkylation sites (tertiary alicyclic amines) is 1. The van der Waals surface area contributed by atoms with Gasteiger partial charge in [0.25, 0.3) is 0 Å². The first-order chi connectivity index (χ1) is 20.4. The molecule has 0 unspecified atom stereocenters. The molecule has 0 atom stereocenters. The molecule has 0 aliphatic carbocycles. The molecule has 3 saturated heterocycles. The first-order valence-electron chi connectivity index (χ1n) is 14.6. The van der Waals surface area contributed by atoms with Gasteiger partial charge < -0.3 is 19.4 Å². The molecule has 1 aromatic carbocycles. The molecular weight excluding hydrogens is 548 g/mol. The number of aryl methyl sites for hydroxylation is 2. The average Bonchev–Trinajstić information content (AvgIpc) is 3.57. The van der Waals surface area contributed by atoms with Crippen LogP contribution in [0.1, 0.15) is 30.2 Å². The van der Waals surface area contributed by atoms with E-state index in [0.717, 1.165) is 72.2 Å². The van der Waals surface area contributed by atoms with Crippen molar-refractivity contribution in [3.8, 4) is 17.3 Å². The van der Waals surface area contributed by atoms with Gasteiger partial charge in [-0.25, -0.2) is 14.6 Å². The monoisotopic (exact) mass is 582 g/mol. The Morgan fingerprint density at radius 1 is 1.19 bits per heavy atom. The summed E-state index contributed by atoms with van der Waals surface area (Å²) in [5.74, 6) is 1.33. The van der Waals surface area contributed by atoms with Crippen molar-refractivity contribution < 1.29 is 9.53 Å². The van der Waals surface area contributed by atoms with Gasteiger partial charge >= 0.3 is 0 Å². The summed E-state index contributed by atoms with van der Waals surface area (Å²) in [5, 5.41) is 16.3. The van der Waals surface area contributed by atoms with Crippen LogP contribution in [0.15, 0.2) is 36.5 Å². The summed E-state index contributed by atoms with van der Waals surface area (Å²) in [6.45, 7) is 9.69. The van der Waals surface area contributed by atoms with Crippen molar-refractivity contribution in [1.82, 2.24) is 24.6 Å². The van der Waals surface area contributed by atoms with E-state index in [1.54, 1.807) is 0 Å². The Bertz CT molecular complexity index is 1680. The number of hydrogen-bond acceptors (Lipinski definition) is 9. The number of thiazole rings is 1. The van der Waals surface area contributed by atoms with Gasteiger partial charge in [0.2, 0.25) is 5.91 Å². The number of carbonyl (C=O) groups is 1. The second-order valence-electron chi connectivity index (χ2n) is 11.9. The van der Waals surface area contributed by atoms with Crippen LogP contribution in [0, 0.1) is 29.6 Å². The molecule has 0 N–H and O–H groups in total. The molecule has 3 aliphatic heterocycles. The smallest absolute Gasteiger partial charge is 0.225 e. The standard InChI is InChI=1S/C31H34N8O2S/c1-4-39-28(36(3)30-34-26(25(14-32)42-30)21-7-5-20(2)6-8-21)24-13-23(15-33-27(24)35-39)37-16-31(17-37)18-38(19-31)29(40)22-9-11-41-12-10-22/h5-8,13,15,22H,4,9-12,16-19H2,1-3H3. The highest BCUT2D eigenvalue weighted by molar-refractivity contribution is 7.16. The van der Waals surface area contributed by atoms with Crippen LogP contribution in [0.4, 0.5) is 16.6 Å². The molecule has 11 heteroatoms. The zero-order valence-corrected chi connectivity index (χ0v) is 25.0. The molecule has 10 nitrogen and oxygen atoms in total. The third-order valence-corrected chi connectivity index (χ3v) is 9.89. The Kier molecular flexibility index (Phi) is 6.63. The number of amides is 1. The molecule has 0 saturated carbocycles. The maximum Gasteiger partial charge on any atom is 0.225 e. The van der Waals surface area contributed by atoms with Gasteiger partial charge in [-0.05, 0) is 32.8 Å². The van der Waals surface area contributed by atoms with Gasteiger partial charge in [-0.2, -0.15) is 10.4 Å². The number of fused-ring (bicyclic) bond motifs is 1. The molecule has 1 amide bonds. The van der Waals surface area contributed by atoms with E-state index in [1.807, 2.05) is 58.9 Å². The molecule has 3 aromatic heterocycles. The van der Waals surface area contributed by atoms with Crippen molar-refractivity contribution in [2.24, 2.45) is 11.3 Å². The Hall–Kier alpha value is -4.01. The lowest BCUT2D eigenvalue weighted by atomic mass is 9.72. The predicted molar refractivity (Wildman–Crippen MR) is 163 cm³/mol. The largest absolute Gasteiger partial charge is 0.381 e. The summed E-state index contributed by atoms with van der Waals surface area (Å²) in [4.78, 5) is 29.5. The van der Waals surface area contributed by atoms with Crippen LogP contribution in [0.3, 0.4) is 0 Å². The van der Waals surface area contributed by atoms with Crippen LogP contribution >= 0.6 is 11.3 Å². The van der Waals surface area contributed by atoms with Gasteiger partial charge in [-0.1, -0.05) is 41.2 Å². The first-order valence-corrected chi connectivity index (χ1v) is 15.4. The van der Waals surface area contributed by atoms with Gasteiger partial charge in [-0.3, -0.25) is 4.79 Å². The summed E-state index contributed by atoms with van der Waals surface area (Å²) in [6, 6.07) is 12.6. The molecule has 7 rings (SSSR count). The topological polar surface area (TPSA) is 103 Å². The number of nitrogens with zero attached hydrogens (tertiary/aromatic N) is 8. The van der Waals surface area contributed by atoms with Crippen molar-refractivity contribution in [3.05, 3.63) is 47.0 Å². The van der Waals surface area contributed by atoms with Gasteiger partial charge in [0, 0.05) is 69.9 Å². The molecule has 216 valence electrons. The minimum absolute atomic E-state index is 0.124. The fraction of sp³-hybridized carbons (Fsp3) is 0.452. The Labute approximate surface area is 249 Å². The van der Waals surface area contributed by atoms with Crippen LogP contribution in [0.5, 0.6) is 0 Å². The van der Waals surface area contributed by atoms with Crippen molar-refractivity contribution in [2.45, 2.75) is 33.2 Å².